The molecule has 7 heteroatoms. The van der Waals surface area contributed by atoms with Crippen LogP contribution in [-0.4, -0.2) is 21.5 Å². The van der Waals surface area contributed by atoms with Crippen LogP contribution < -0.4 is 5.32 Å². The van der Waals surface area contributed by atoms with Crippen LogP contribution in [0.4, 0.5) is 5.82 Å². The zero-order chi connectivity index (χ0) is 12.1. The van der Waals surface area contributed by atoms with E-state index in [1.807, 2.05) is 0 Å². The van der Waals surface area contributed by atoms with Gasteiger partial charge in [0.05, 0.1) is 10.7 Å². The monoisotopic (exact) mass is 314 g/mol. The Bertz CT molecular complexity index is 477. The van der Waals surface area contributed by atoms with E-state index in [0.29, 0.717) is 5.22 Å². The molecule has 0 aliphatic carbocycles. The van der Waals surface area contributed by atoms with Crippen LogP contribution in [0.2, 0.25) is 0 Å². The fourth-order valence-corrected chi connectivity index (χ4v) is 2.39. The summed E-state index contributed by atoms with van der Waals surface area (Å²) in [5.41, 5.74) is 0. The highest BCUT2D eigenvalue weighted by atomic mass is 79.9. The maximum Gasteiger partial charge on any atom is 0.261 e. The van der Waals surface area contributed by atoms with Gasteiger partial charge in [-0.25, -0.2) is 15.0 Å². The van der Waals surface area contributed by atoms with E-state index in [4.69, 9.17) is 4.42 Å². The van der Waals surface area contributed by atoms with Gasteiger partial charge in [0.2, 0.25) is 0 Å². The minimum Gasteiger partial charge on any atom is -0.440 e. The molecular weight excluding hydrogens is 304 g/mol. The van der Waals surface area contributed by atoms with Gasteiger partial charge in [0.25, 0.3) is 5.22 Å². The minimum atomic E-state index is 0.561. The van der Waals surface area contributed by atoms with Gasteiger partial charge in [-0.2, -0.15) is 0 Å². The molecule has 2 aromatic rings. The second kappa shape index (κ2) is 6.02. The van der Waals surface area contributed by atoms with Gasteiger partial charge in [0, 0.05) is 6.54 Å². The second-order valence-corrected chi connectivity index (χ2v) is 4.90. The lowest BCUT2D eigenvalue weighted by Gasteiger charge is -2.07. The summed E-state index contributed by atoms with van der Waals surface area (Å²) < 4.78 is 5.99. The normalized spacial score (nSPS) is 10.5. The molecule has 90 valence electrons. The lowest BCUT2D eigenvalue weighted by molar-refractivity contribution is 0.454. The fourth-order valence-electron chi connectivity index (χ4n) is 1.13. The van der Waals surface area contributed by atoms with Gasteiger partial charge >= 0.3 is 0 Å². The highest BCUT2D eigenvalue weighted by Crippen LogP contribution is 2.33. The maximum absolute atomic E-state index is 5.16. The van der Waals surface area contributed by atoms with E-state index in [2.05, 4.69) is 43.1 Å². The Labute approximate surface area is 112 Å². The first-order chi connectivity index (χ1) is 8.31. The quantitative estimate of drug-likeness (QED) is 0.855. The van der Waals surface area contributed by atoms with Crippen molar-refractivity contribution in [3.05, 3.63) is 23.3 Å². The molecule has 2 rings (SSSR count). The van der Waals surface area contributed by atoms with Crippen LogP contribution in [0.15, 0.2) is 37.9 Å². The molecule has 0 bridgehead atoms. The molecule has 0 amide bonds. The van der Waals surface area contributed by atoms with Crippen molar-refractivity contribution in [3.63, 3.8) is 0 Å². The third-order valence-electron chi connectivity index (χ3n) is 1.89. The predicted octanol–water partition coefficient (Wildman–Crippen LogP) is 3.20. The average molecular weight is 315 g/mol. The fraction of sp³-hybridized carbons (Fsp3) is 0.300. The molecule has 0 unspecified atom stereocenters. The molecule has 2 heterocycles. The van der Waals surface area contributed by atoms with Crippen LogP contribution in [-0.2, 0) is 0 Å². The molecule has 0 aromatic carbocycles. The smallest absolute Gasteiger partial charge is 0.261 e. The van der Waals surface area contributed by atoms with Gasteiger partial charge in [-0.1, -0.05) is 6.92 Å². The summed E-state index contributed by atoms with van der Waals surface area (Å²) in [7, 11) is 0. The Morgan fingerprint density at radius 3 is 3.00 bits per heavy atom. The van der Waals surface area contributed by atoms with Crippen molar-refractivity contribution < 1.29 is 4.42 Å². The van der Waals surface area contributed by atoms with Crippen LogP contribution in [0.1, 0.15) is 13.3 Å². The third kappa shape index (κ3) is 3.19. The molecule has 5 nitrogen and oxygen atoms in total. The largest absolute Gasteiger partial charge is 0.440 e. The Kier molecular flexibility index (Phi) is 4.38. The van der Waals surface area contributed by atoms with Crippen molar-refractivity contribution in [1.82, 2.24) is 15.0 Å². The third-order valence-corrected chi connectivity index (χ3v) is 3.79. The highest BCUT2D eigenvalue weighted by molar-refractivity contribution is 9.10. The molecule has 0 fully saturated rings. The molecule has 0 aliphatic heterocycles. The predicted molar refractivity (Wildman–Crippen MR) is 69.1 cm³/mol. The number of nitrogens with one attached hydrogen (secondary N) is 1. The number of halogens is 1. The van der Waals surface area contributed by atoms with E-state index in [0.717, 1.165) is 28.3 Å². The average Bonchev–Trinajstić information content (AvgIpc) is 2.83. The zero-order valence-electron chi connectivity index (χ0n) is 9.18. The van der Waals surface area contributed by atoms with Crippen molar-refractivity contribution in [1.29, 1.82) is 0 Å². The lowest BCUT2D eigenvalue weighted by Crippen LogP contribution is -2.03. The van der Waals surface area contributed by atoms with Crippen molar-refractivity contribution in [3.8, 4) is 0 Å². The lowest BCUT2D eigenvalue weighted by atomic mass is 10.4. The summed E-state index contributed by atoms with van der Waals surface area (Å²) in [5.74, 6) is 0.788. The van der Waals surface area contributed by atoms with Crippen LogP contribution in [0.5, 0.6) is 0 Å². The Morgan fingerprint density at radius 1 is 1.41 bits per heavy atom. The van der Waals surface area contributed by atoms with Gasteiger partial charge in [-0.3, -0.25) is 0 Å². The van der Waals surface area contributed by atoms with Crippen molar-refractivity contribution >= 4 is 33.5 Å². The topological polar surface area (TPSA) is 63.8 Å². The molecular formula is C10H11BrN4OS. The number of oxazole rings is 1. The van der Waals surface area contributed by atoms with E-state index in [9.17, 15) is 0 Å². The molecule has 0 atom stereocenters. The summed E-state index contributed by atoms with van der Waals surface area (Å²) in [4.78, 5) is 12.4. The van der Waals surface area contributed by atoms with Gasteiger partial charge in [0.15, 0.2) is 0 Å². The Morgan fingerprint density at radius 2 is 2.29 bits per heavy atom. The first-order valence-corrected chi connectivity index (χ1v) is 6.74. The van der Waals surface area contributed by atoms with Gasteiger partial charge in [-0.05, 0) is 34.1 Å². The van der Waals surface area contributed by atoms with E-state index < -0.39 is 0 Å². The van der Waals surface area contributed by atoms with Crippen LogP contribution in [0, 0.1) is 0 Å². The number of rotatable bonds is 5. The SMILES string of the molecule is CCCNc1ncnc(Sc2ncco2)c1Br. The van der Waals surface area contributed by atoms with Crippen molar-refractivity contribution in [2.24, 2.45) is 0 Å². The number of anilines is 1. The molecule has 1 N–H and O–H groups in total. The molecule has 0 saturated carbocycles. The van der Waals surface area contributed by atoms with E-state index in [1.54, 1.807) is 6.20 Å². The van der Waals surface area contributed by atoms with Crippen molar-refractivity contribution in [2.45, 2.75) is 23.6 Å². The zero-order valence-corrected chi connectivity index (χ0v) is 11.6. The first-order valence-electron chi connectivity index (χ1n) is 5.13. The highest BCUT2D eigenvalue weighted by Gasteiger charge is 2.11. The molecule has 0 spiro atoms. The van der Waals surface area contributed by atoms with Gasteiger partial charge in [0.1, 0.15) is 23.4 Å². The second-order valence-electron chi connectivity index (χ2n) is 3.17. The summed E-state index contributed by atoms with van der Waals surface area (Å²) in [6, 6.07) is 0. The van der Waals surface area contributed by atoms with Gasteiger partial charge in [-0.15, -0.1) is 0 Å². The Hall–Kier alpha value is -1.08. The summed E-state index contributed by atoms with van der Waals surface area (Å²) in [5, 5.41) is 4.56. The number of hydrogen-bond donors (Lipinski definition) is 1. The number of aromatic nitrogens is 3. The summed E-state index contributed by atoms with van der Waals surface area (Å²) >= 11 is 4.83. The first kappa shape index (κ1) is 12.4. The van der Waals surface area contributed by atoms with Gasteiger partial charge < -0.3 is 9.73 Å². The van der Waals surface area contributed by atoms with E-state index >= 15 is 0 Å². The van der Waals surface area contributed by atoms with Crippen molar-refractivity contribution in [2.75, 3.05) is 11.9 Å². The summed E-state index contributed by atoms with van der Waals surface area (Å²) in [6.45, 7) is 2.98. The standard InChI is InChI=1S/C10H11BrN4OS/c1-2-3-12-8-7(11)9(15-6-14-8)17-10-13-4-5-16-10/h4-6H,2-3H2,1H3,(H,12,14,15). The van der Waals surface area contributed by atoms with E-state index in [1.165, 1.54) is 24.4 Å². The number of hydrogen-bond acceptors (Lipinski definition) is 6. The van der Waals surface area contributed by atoms with Crippen LogP contribution >= 0.6 is 27.7 Å². The van der Waals surface area contributed by atoms with Crippen LogP contribution in [0.3, 0.4) is 0 Å². The minimum absolute atomic E-state index is 0.561. The Balaban J connectivity index is 2.17. The molecule has 0 radical (unpaired) electrons. The van der Waals surface area contributed by atoms with Crippen LogP contribution in [0.25, 0.3) is 0 Å². The van der Waals surface area contributed by atoms with E-state index in [-0.39, 0.29) is 0 Å². The molecule has 0 aliphatic rings. The molecule has 0 saturated heterocycles. The molecule has 17 heavy (non-hydrogen) atoms. The maximum atomic E-state index is 5.16. The number of nitrogens with zero attached hydrogens (tertiary/aromatic N) is 3. The summed E-state index contributed by atoms with van der Waals surface area (Å²) in [6.07, 6.45) is 5.70. The molecule has 2 aromatic heterocycles.